The highest BCUT2D eigenvalue weighted by molar-refractivity contribution is 7.16. The molecule has 0 radical (unpaired) electrons. The molecule has 5 nitrogen and oxygen atoms in total. The summed E-state index contributed by atoms with van der Waals surface area (Å²) in [4.78, 5) is 21.0. The van der Waals surface area contributed by atoms with Crippen LogP contribution in [-0.4, -0.2) is 20.3 Å². The molecule has 0 atom stereocenters. The van der Waals surface area contributed by atoms with E-state index in [0.717, 1.165) is 27.1 Å². The van der Waals surface area contributed by atoms with Crippen LogP contribution in [0.15, 0.2) is 48.2 Å². The van der Waals surface area contributed by atoms with Gasteiger partial charge in [-0.3, -0.25) is 4.79 Å². The lowest BCUT2D eigenvalue weighted by molar-refractivity contribution is 0.0950. The van der Waals surface area contributed by atoms with Crippen molar-refractivity contribution < 1.29 is 4.79 Å². The van der Waals surface area contributed by atoms with E-state index in [9.17, 15) is 4.79 Å². The van der Waals surface area contributed by atoms with Crippen LogP contribution in [0.25, 0.3) is 15.9 Å². The van der Waals surface area contributed by atoms with E-state index in [-0.39, 0.29) is 5.91 Å². The smallest absolute Gasteiger partial charge is 0.251 e. The van der Waals surface area contributed by atoms with Crippen molar-refractivity contribution >= 4 is 33.1 Å². The quantitative estimate of drug-likeness (QED) is 0.630. The number of imidazole rings is 1. The normalized spacial score (nSPS) is 11.2. The maximum Gasteiger partial charge on any atom is 0.251 e. The lowest BCUT2D eigenvalue weighted by Crippen LogP contribution is -2.23. The standard InChI is InChI=1S/C17H14N4OS/c1-11-3-2-6-21-13(8-18-16(11)21)9-19-17(22)12-4-5-14-15(7-12)23-10-20-14/h2-8,10H,9H2,1H3,(H,19,22). The fourth-order valence-electron chi connectivity index (χ4n) is 2.60. The molecule has 0 saturated carbocycles. The molecule has 0 fully saturated rings. The van der Waals surface area contributed by atoms with Crippen LogP contribution in [0, 0.1) is 6.92 Å². The number of nitrogens with zero attached hydrogens (tertiary/aromatic N) is 3. The highest BCUT2D eigenvalue weighted by Crippen LogP contribution is 2.19. The number of fused-ring (bicyclic) bond motifs is 2. The van der Waals surface area contributed by atoms with Crippen molar-refractivity contribution in [2.24, 2.45) is 0 Å². The lowest BCUT2D eigenvalue weighted by Gasteiger charge is -2.06. The first-order valence-corrected chi connectivity index (χ1v) is 8.13. The van der Waals surface area contributed by atoms with Gasteiger partial charge in [-0.25, -0.2) is 9.97 Å². The predicted molar refractivity (Wildman–Crippen MR) is 90.7 cm³/mol. The molecule has 0 aliphatic rings. The van der Waals surface area contributed by atoms with Crippen molar-refractivity contribution in [3.05, 3.63) is 65.1 Å². The van der Waals surface area contributed by atoms with Crippen LogP contribution in [0.3, 0.4) is 0 Å². The van der Waals surface area contributed by atoms with Gasteiger partial charge in [0.05, 0.1) is 34.2 Å². The highest BCUT2D eigenvalue weighted by Gasteiger charge is 2.10. The second kappa shape index (κ2) is 5.48. The number of aryl methyl sites for hydroxylation is 1. The van der Waals surface area contributed by atoms with Crippen LogP contribution in [0.1, 0.15) is 21.6 Å². The summed E-state index contributed by atoms with van der Waals surface area (Å²) in [6.45, 7) is 2.46. The van der Waals surface area contributed by atoms with Crippen LogP contribution in [0.4, 0.5) is 0 Å². The van der Waals surface area contributed by atoms with Crippen molar-refractivity contribution in [2.75, 3.05) is 0 Å². The minimum Gasteiger partial charge on any atom is -0.346 e. The fourth-order valence-corrected chi connectivity index (χ4v) is 3.32. The van der Waals surface area contributed by atoms with Gasteiger partial charge in [-0.15, -0.1) is 11.3 Å². The van der Waals surface area contributed by atoms with Crippen molar-refractivity contribution in [2.45, 2.75) is 13.5 Å². The first kappa shape index (κ1) is 13.9. The summed E-state index contributed by atoms with van der Waals surface area (Å²) in [5, 5.41) is 2.95. The third-order valence-corrected chi connectivity index (χ3v) is 4.62. The summed E-state index contributed by atoms with van der Waals surface area (Å²) in [6.07, 6.45) is 3.76. The Morgan fingerprint density at radius 2 is 2.22 bits per heavy atom. The number of aromatic nitrogens is 3. The molecule has 0 aliphatic carbocycles. The van der Waals surface area contributed by atoms with Crippen molar-refractivity contribution in [3.63, 3.8) is 0 Å². The van der Waals surface area contributed by atoms with Gasteiger partial charge in [0.1, 0.15) is 5.65 Å². The number of thiazole rings is 1. The first-order chi connectivity index (χ1) is 11.2. The van der Waals surface area contributed by atoms with Gasteiger partial charge in [-0.1, -0.05) is 6.07 Å². The maximum atomic E-state index is 12.4. The van der Waals surface area contributed by atoms with E-state index in [1.807, 2.05) is 41.8 Å². The molecule has 1 amide bonds. The number of benzene rings is 1. The molecular weight excluding hydrogens is 308 g/mol. The van der Waals surface area contributed by atoms with E-state index in [1.165, 1.54) is 11.3 Å². The molecular formula is C17H14N4OS. The van der Waals surface area contributed by atoms with E-state index >= 15 is 0 Å². The van der Waals surface area contributed by atoms with Crippen LogP contribution < -0.4 is 5.32 Å². The summed E-state index contributed by atoms with van der Waals surface area (Å²) in [5.41, 5.74) is 6.34. The Labute approximate surface area is 136 Å². The van der Waals surface area contributed by atoms with E-state index in [1.54, 1.807) is 17.8 Å². The van der Waals surface area contributed by atoms with Gasteiger partial charge in [0.2, 0.25) is 0 Å². The average Bonchev–Trinajstić information content (AvgIpc) is 3.19. The molecule has 0 spiro atoms. The molecule has 1 aromatic carbocycles. The van der Waals surface area contributed by atoms with Gasteiger partial charge >= 0.3 is 0 Å². The largest absolute Gasteiger partial charge is 0.346 e. The van der Waals surface area contributed by atoms with E-state index in [4.69, 9.17) is 0 Å². The molecule has 4 rings (SSSR count). The first-order valence-electron chi connectivity index (χ1n) is 7.25. The zero-order valence-corrected chi connectivity index (χ0v) is 13.3. The summed E-state index contributed by atoms with van der Waals surface area (Å²) < 4.78 is 3.02. The highest BCUT2D eigenvalue weighted by atomic mass is 32.1. The zero-order valence-electron chi connectivity index (χ0n) is 12.5. The molecule has 0 aliphatic heterocycles. The summed E-state index contributed by atoms with van der Waals surface area (Å²) in [6, 6.07) is 9.55. The summed E-state index contributed by atoms with van der Waals surface area (Å²) in [5.74, 6) is -0.0945. The third kappa shape index (κ3) is 2.47. The van der Waals surface area contributed by atoms with Gasteiger partial charge < -0.3 is 9.72 Å². The Balaban J connectivity index is 1.55. The number of carbonyl (C=O) groups is 1. The van der Waals surface area contributed by atoms with Crippen LogP contribution in [0.5, 0.6) is 0 Å². The average molecular weight is 322 g/mol. The number of rotatable bonds is 3. The van der Waals surface area contributed by atoms with Crippen LogP contribution in [-0.2, 0) is 6.54 Å². The van der Waals surface area contributed by atoms with E-state index in [2.05, 4.69) is 15.3 Å². The molecule has 0 bridgehead atoms. The summed E-state index contributed by atoms with van der Waals surface area (Å²) >= 11 is 1.53. The number of hydrogen-bond acceptors (Lipinski definition) is 4. The number of amides is 1. The maximum absolute atomic E-state index is 12.4. The van der Waals surface area contributed by atoms with Crippen molar-refractivity contribution in [1.82, 2.24) is 19.7 Å². The molecule has 3 aromatic heterocycles. The van der Waals surface area contributed by atoms with Gasteiger partial charge in [0.15, 0.2) is 0 Å². The van der Waals surface area contributed by atoms with Gasteiger partial charge in [-0.05, 0) is 36.8 Å². The Morgan fingerprint density at radius 3 is 3.13 bits per heavy atom. The molecule has 6 heteroatoms. The SMILES string of the molecule is Cc1cccn2c(CNC(=O)c3ccc4ncsc4c3)cnc12. The van der Waals surface area contributed by atoms with Crippen LogP contribution in [0.2, 0.25) is 0 Å². The Kier molecular flexibility index (Phi) is 3.31. The second-order valence-electron chi connectivity index (χ2n) is 5.35. The second-order valence-corrected chi connectivity index (χ2v) is 6.24. The molecule has 114 valence electrons. The topological polar surface area (TPSA) is 59.3 Å². The third-order valence-electron chi connectivity index (χ3n) is 3.83. The number of carbonyl (C=O) groups excluding carboxylic acids is 1. The Hall–Kier alpha value is -2.73. The zero-order chi connectivity index (χ0) is 15.8. The van der Waals surface area contributed by atoms with Crippen molar-refractivity contribution in [3.8, 4) is 0 Å². The molecule has 0 unspecified atom stereocenters. The van der Waals surface area contributed by atoms with Gasteiger partial charge in [0.25, 0.3) is 5.91 Å². The number of pyridine rings is 1. The number of hydrogen-bond donors (Lipinski definition) is 1. The van der Waals surface area contributed by atoms with Gasteiger partial charge in [0, 0.05) is 11.8 Å². The van der Waals surface area contributed by atoms with Crippen molar-refractivity contribution in [1.29, 1.82) is 0 Å². The summed E-state index contributed by atoms with van der Waals surface area (Å²) in [7, 11) is 0. The predicted octanol–water partition coefficient (Wildman–Crippen LogP) is 3.18. The van der Waals surface area contributed by atoms with Crippen LogP contribution >= 0.6 is 11.3 Å². The molecule has 3 heterocycles. The number of nitrogens with one attached hydrogen (secondary N) is 1. The van der Waals surface area contributed by atoms with E-state index < -0.39 is 0 Å². The van der Waals surface area contributed by atoms with E-state index in [0.29, 0.717) is 12.1 Å². The molecule has 23 heavy (non-hydrogen) atoms. The molecule has 1 N–H and O–H groups in total. The monoisotopic (exact) mass is 322 g/mol. The molecule has 4 aromatic rings. The Morgan fingerprint density at radius 1 is 1.30 bits per heavy atom. The van der Waals surface area contributed by atoms with Gasteiger partial charge in [-0.2, -0.15) is 0 Å². The fraction of sp³-hybridized carbons (Fsp3) is 0.118. The molecule has 0 saturated heterocycles. The lowest BCUT2D eigenvalue weighted by atomic mass is 10.2. The minimum absolute atomic E-state index is 0.0945. The minimum atomic E-state index is -0.0945. The Bertz CT molecular complexity index is 1020.